The van der Waals surface area contributed by atoms with E-state index < -0.39 is 13.9 Å². The van der Waals surface area contributed by atoms with Gasteiger partial charge in [-0.25, -0.2) is 0 Å². The van der Waals surface area contributed by atoms with E-state index in [9.17, 15) is 9.59 Å². The summed E-state index contributed by atoms with van der Waals surface area (Å²) in [6, 6.07) is 0. The number of hydrogen-bond donors (Lipinski definition) is 0. The molecule has 0 spiro atoms. The molecule has 1 rings (SSSR count). The fraction of sp³-hybridized carbons (Fsp3) is 0.882. The highest BCUT2D eigenvalue weighted by atomic mass is 28.4. The number of ether oxygens (including phenoxy) is 1. The zero-order valence-electron chi connectivity index (χ0n) is 15.4. The van der Waals surface area contributed by atoms with E-state index >= 15 is 0 Å². The Morgan fingerprint density at radius 2 is 1.64 bits per heavy atom. The van der Waals surface area contributed by atoms with Crippen LogP contribution in [0.1, 0.15) is 54.4 Å². The molecule has 1 unspecified atom stereocenters. The minimum Gasteiger partial charge on any atom is -0.460 e. The van der Waals surface area contributed by atoms with Crippen LogP contribution < -0.4 is 0 Å². The minimum absolute atomic E-state index is 0.0198. The molecule has 0 aromatic carbocycles. The Bertz CT molecular complexity index is 417. The van der Waals surface area contributed by atoms with Crippen LogP contribution in [-0.2, 0) is 18.8 Å². The van der Waals surface area contributed by atoms with Crippen molar-refractivity contribution in [2.75, 3.05) is 0 Å². The summed E-state index contributed by atoms with van der Waals surface area (Å²) >= 11 is 0. The third-order valence-corrected chi connectivity index (χ3v) is 9.26. The topological polar surface area (TPSA) is 52.6 Å². The van der Waals surface area contributed by atoms with Crippen molar-refractivity contribution in [3.05, 3.63) is 0 Å². The van der Waals surface area contributed by atoms with Gasteiger partial charge < -0.3 is 14.0 Å². The van der Waals surface area contributed by atoms with Crippen LogP contribution in [0.15, 0.2) is 0 Å². The van der Waals surface area contributed by atoms with Gasteiger partial charge >= 0.3 is 5.97 Å². The second-order valence-corrected chi connectivity index (χ2v) is 13.7. The Kier molecular flexibility index (Phi) is 5.67. The van der Waals surface area contributed by atoms with E-state index in [2.05, 4.69) is 33.9 Å². The van der Waals surface area contributed by atoms with Gasteiger partial charge in [0.15, 0.2) is 8.32 Å². The van der Waals surface area contributed by atoms with E-state index in [1.165, 1.54) is 0 Å². The molecule has 1 fully saturated rings. The SMILES string of the molecule is CC(C)(C)OC(=O)C1C[C@@H](O[Si](C)(C)C(C)(C)C)C[C@@H]1C=O. The molecule has 4 nitrogen and oxygen atoms in total. The first-order valence-corrected chi connectivity index (χ1v) is 11.0. The molecule has 0 bridgehead atoms. The molecule has 1 aliphatic rings. The summed E-state index contributed by atoms with van der Waals surface area (Å²) < 4.78 is 11.8. The smallest absolute Gasteiger partial charge is 0.310 e. The molecule has 3 atom stereocenters. The van der Waals surface area contributed by atoms with E-state index in [0.717, 1.165) is 6.29 Å². The van der Waals surface area contributed by atoms with Gasteiger partial charge in [-0.15, -0.1) is 0 Å². The molecule has 0 amide bonds. The van der Waals surface area contributed by atoms with E-state index in [-0.39, 0.29) is 28.9 Å². The van der Waals surface area contributed by atoms with Crippen LogP contribution in [0, 0.1) is 11.8 Å². The first kappa shape index (κ1) is 19.4. The largest absolute Gasteiger partial charge is 0.460 e. The van der Waals surface area contributed by atoms with Crippen LogP contribution in [0.25, 0.3) is 0 Å². The number of carbonyl (C=O) groups excluding carboxylic acids is 2. The Morgan fingerprint density at radius 3 is 2.05 bits per heavy atom. The lowest BCUT2D eigenvalue weighted by Gasteiger charge is -2.38. The van der Waals surface area contributed by atoms with Gasteiger partial charge in [-0.2, -0.15) is 0 Å². The summed E-state index contributed by atoms with van der Waals surface area (Å²) in [5, 5.41) is 0.119. The fourth-order valence-electron chi connectivity index (χ4n) is 2.51. The summed E-state index contributed by atoms with van der Waals surface area (Å²) in [6.07, 6.45) is 2.09. The lowest BCUT2D eigenvalue weighted by Crippen LogP contribution is -2.43. The Morgan fingerprint density at radius 1 is 1.09 bits per heavy atom. The van der Waals surface area contributed by atoms with E-state index in [4.69, 9.17) is 9.16 Å². The summed E-state index contributed by atoms with van der Waals surface area (Å²) in [5.41, 5.74) is -0.525. The van der Waals surface area contributed by atoms with Gasteiger partial charge in [0.1, 0.15) is 11.9 Å². The van der Waals surface area contributed by atoms with Crippen molar-refractivity contribution in [2.24, 2.45) is 11.8 Å². The number of esters is 1. The zero-order valence-corrected chi connectivity index (χ0v) is 16.4. The van der Waals surface area contributed by atoms with Crippen LogP contribution in [-0.4, -0.2) is 32.3 Å². The van der Waals surface area contributed by atoms with Gasteiger partial charge in [-0.05, 0) is 51.7 Å². The Hall–Kier alpha value is -0.683. The van der Waals surface area contributed by atoms with Crippen molar-refractivity contribution < 1.29 is 18.8 Å². The molecule has 0 N–H and O–H groups in total. The molecule has 5 heteroatoms. The summed E-state index contributed by atoms with van der Waals surface area (Å²) in [7, 11) is -1.89. The highest BCUT2D eigenvalue weighted by Crippen LogP contribution is 2.42. The normalized spacial score (nSPS) is 26.8. The fourth-order valence-corrected chi connectivity index (χ4v) is 3.89. The molecule has 1 saturated carbocycles. The predicted octanol–water partition coefficient (Wildman–Crippen LogP) is 3.94. The number of hydrogen-bond acceptors (Lipinski definition) is 4. The number of aldehydes is 1. The van der Waals surface area contributed by atoms with Gasteiger partial charge in [0.05, 0.1) is 5.92 Å². The van der Waals surface area contributed by atoms with Gasteiger partial charge in [-0.3, -0.25) is 4.79 Å². The standard InChI is InChI=1S/C17H32O4Si/c1-16(2,3)20-15(19)14-10-13(9-12(14)11-18)21-22(7,8)17(4,5)6/h11-14H,9-10H2,1-8H3/t12-,13+,14?/m1/s1. The lowest BCUT2D eigenvalue weighted by molar-refractivity contribution is -0.162. The molecule has 0 radical (unpaired) electrons. The molecular weight excluding hydrogens is 296 g/mol. The van der Waals surface area contributed by atoms with Gasteiger partial charge in [0, 0.05) is 12.0 Å². The summed E-state index contributed by atoms with van der Waals surface area (Å²) in [5.74, 6) is -0.929. The first-order chi connectivity index (χ1) is 9.77. The zero-order chi connectivity index (χ0) is 17.3. The monoisotopic (exact) mass is 328 g/mol. The van der Waals surface area contributed by atoms with Crippen LogP contribution in [0.3, 0.4) is 0 Å². The van der Waals surface area contributed by atoms with Crippen molar-refractivity contribution in [1.82, 2.24) is 0 Å². The average Bonchev–Trinajstić information content (AvgIpc) is 2.67. The summed E-state index contributed by atoms with van der Waals surface area (Å²) in [6.45, 7) is 16.5. The maximum atomic E-state index is 12.3. The third kappa shape index (κ3) is 4.91. The van der Waals surface area contributed by atoms with Crippen molar-refractivity contribution in [2.45, 2.75) is 84.2 Å². The lowest BCUT2D eigenvalue weighted by atomic mass is 9.97. The molecular formula is C17H32O4Si. The number of rotatable bonds is 4. The second-order valence-electron chi connectivity index (χ2n) is 8.91. The molecule has 1 aliphatic carbocycles. The molecule has 0 aromatic heterocycles. The molecule has 0 aromatic rings. The predicted molar refractivity (Wildman–Crippen MR) is 90.2 cm³/mol. The maximum Gasteiger partial charge on any atom is 0.310 e. The van der Waals surface area contributed by atoms with Crippen LogP contribution in [0.4, 0.5) is 0 Å². The summed E-state index contributed by atoms with van der Waals surface area (Å²) in [4.78, 5) is 23.7. The first-order valence-electron chi connectivity index (χ1n) is 8.13. The van der Waals surface area contributed by atoms with Crippen LogP contribution >= 0.6 is 0 Å². The van der Waals surface area contributed by atoms with Crippen molar-refractivity contribution in [3.63, 3.8) is 0 Å². The molecule has 22 heavy (non-hydrogen) atoms. The molecule has 0 aliphatic heterocycles. The Balaban J connectivity index is 2.77. The molecule has 0 saturated heterocycles. The van der Waals surface area contributed by atoms with Crippen LogP contribution in [0.5, 0.6) is 0 Å². The molecule has 128 valence electrons. The molecule has 0 heterocycles. The van der Waals surface area contributed by atoms with Crippen molar-refractivity contribution in [1.29, 1.82) is 0 Å². The highest BCUT2D eigenvalue weighted by molar-refractivity contribution is 6.74. The quantitative estimate of drug-likeness (QED) is 0.445. The minimum atomic E-state index is -1.89. The Labute approximate surface area is 136 Å². The van der Waals surface area contributed by atoms with E-state index in [1.54, 1.807) is 0 Å². The maximum absolute atomic E-state index is 12.3. The van der Waals surface area contributed by atoms with E-state index in [0.29, 0.717) is 12.8 Å². The number of carbonyl (C=O) groups is 2. The van der Waals surface area contributed by atoms with Crippen molar-refractivity contribution >= 4 is 20.6 Å². The van der Waals surface area contributed by atoms with E-state index in [1.807, 2.05) is 20.8 Å². The second kappa shape index (κ2) is 6.44. The van der Waals surface area contributed by atoms with Crippen molar-refractivity contribution in [3.8, 4) is 0 Å². The van der Waals surface area contributed by atoms with Gasteiger partial charge in [0.25, 0.3) is 0 Å². The van der Waals surface area contributed by atoms with Gasteiger partial charge in [-0.1, -0.05) is 20.8 Å². The highest BCUT2D eigenvalue weighted by Gasteiger charge is 2.45. The van der Waals surface area contributed by atoms with Gasteiger partial charge in [0.2, 0.25) is 0 Å². The average molecular weight is 329 g/mol. The van der Waals surface area contributed by atoms with Crippen LogP contribution in [0.2, 0.25) is 18.1 Å². The third-order valence-electron chi connectivity index (χ3n) is 4.72.